The fourth-order valence-electron chi connectivity index (χ4n) is 4.39. The minimum atomic E-state index is -0.939. The molecular formula is C30H42BO3. The van der Waals surface area contributed by atoms with Crippen molar-refractivity contribution >= 4 is 19.0 Å². The van der Waals surface area contributed by atoms with Gasteiger partial charge in [0.1, 0.15) is 5.60 Å². The molecule has 0 amide bonds. The number of hydrogen-bond acceptors (Lipinski definition) is 3. The van der Waals surface area contributed by atoms with Gasteiger partial charge >= 0.3 is 7.48 Å². The standard InChI is InChI=1S/C30H42BO3/c1-9-29(21-33-29)19-18-23-12-13-25(20-22(23)4)30(10-2,11-3)24-14-16-26(17-15-24)31-34-28(7,8)27(5,6)32/h12-20,32H,9-11,21H2,1-8H3/b19-18+. The zero-order chi connectivity index (χ0) is 25.2. The molecular weight excluding hydrogens is 419 g/mol. The predicted molar refractivity (Wildman–Crippen MR) is 144 cm³/mol. The summed E-state index contributed by atoms with van der Waals surface area (Å²) < 4.78 is 11.6. The van der Waals surface area contributed by atoms with Crippen molar-refractivity contribution in [2.45, 2.75) is 96.9 Å². The summed E-state index contributed by atoms with van der Waals surface area (Å²) in [7, 11) is 1.75. The average Bonchev–Trinajstić information content (AvgIpc) is 3.59. The monoisotopic (exact) mass is 461 g/mol. The Balaban J connectivity index is 1.82. The largest absolute Gasteiger partial charge is 0.427 e. The fourth-order valence-corrected chi connectivity index (χ4v) is 4.39. The summed E-state index contributed by atoms with van der Waals surface area (Å²) in [6.45, 7) is 17.1. The molecule has 3 nitrogen and oxygen atoms in total. The number of aryl methyl sites for hydroxylation is 1. The van der Waals surface area contributed by atoms with Crippen LogP contribution < -0.4 is 5.46 Å². The van der Waals surface area contributed by atoms with Gasteiger partial charge in [0.2, 0.25) is 0 Å². The van der Waals surface area contributed by atoms with Gasteiger partial charge in [-0.1, -0.05) is 74.8 Å². The zero-order valence-corrected chi connectivity index (χ0v) is 22.4. The van der Waals surface area contributed by atoms with Crippen molar-refractivity contribution in [1.29, 1.82) is 0 Å². The van der Waals surface area contributed by atoms with Gasteiger partial charge in [-0.2, -0.15) is 0 Å². The first-order valence-corrected chi connectivity index (χ1v) is 12.7. The highest BCUT2D eigenvalue weighted by atomic mass is 16.6. The maximum Gasteiger partial charge on any atom is 0.330 e. The molecule has 3 rings (SSSR count). The average molecular weight is 461 g/mol. The van der Waals surface area contributed by atoms with Crippen LogP contribution in [0.15, 0.2) is 48.5 Å². The Hall–Kier alpha value is -1.88. The first-order valence-electron chi connectivity index (χ1n) is 12.7. The molecule has 2 aromatic rings. The molecule has 1 unspecified atom stereocenters. The van der Waals surface area contributed by atoms with Crippen molar-refractivity contribution in [2.24, 2.45) is 0 Å². The highest BCUT2D eigenvalue weighted by Crippen LogP contribution is 2.40. The lowest BCUT2D eigenvalue weighted by Gasteiger charge is -2.37. The molecule has 183 valence electrons. The minimum Gasteiger partial charge on any atom is -0.427 e. The van der Waals surface area contributed by atoms with Crippen LogP contribution in [0.3, 0.4) is 0 Å². The Labute approximate surface area is 207 Å². The number of ether oxygens (including phenoxy) is 1. The third-order valence-electron chi connectivity index (χ3n) is 8.14. The van der Waals surface area contributed by atoms with Gasteiger partial charge in [0.05, 0.1) is 17.8 Å². The van der Waals surface area contributed by atoms with Gasteiger partial charge in [0.15, 0.2) is 0 Å². The van der Waals surface area contributed by atoms with Crippen LogP contribution >= 0.6 is 0 Å². The van der Waals surface area contributed by atoms with Gasteiger partial charge in [0.25, 0.3) is 0 Å². The molecule has 1 fully saturated rings. The van der Waals surface area contributed by atoms with Crippen LogP contribution in [0.1, 0.15) is 90.0 Å². The van der Waals surface area contributed by atoms with Crippen molar-refractivity contribution in [3.63, 3.8) is 0 Å². The number of aliphatic hydroxyl groups is 1. The van der Waals surface area contributed by atoms with Crippen LogP contribution in [0.25, 0.3) is 6.08 Å². The Kier molecular flexibility index (Phi) is 7.87. The number of benzene rings is 2. The second kappa shape index (κ2) is 10.0. The molecule has 1 saturated heterocycles. The normalized spacial score (nSPS) is 19.0. The predicted octanol–water partition coefficient (Wildman–Crippen LogP) is 6.10. The zero-order valence-electron chi connectivity index (χ0n) is 22.4. The van der Waals surface area contributed by atoms with Gasteiger partial charge in [-0.15, -0.1) is 0 Å². The van der Waals surface area contributed by atoms with E-state index >= 15 is 0 Å². The maximum atomic E-state index is 10.3. The first-order chi connectivity index (χ1) is 15.9. The highest BCUT2D eigenvalue weighted by molar-refractivity contribution is 6.47. The quantitative estimate of drug-likeness (QED) is 0.325. The maximum absolute atomic E-state index is 10.3. The van der Waals surface area contributed by atoms with E-state index in [-0.39, 0.29) is 11.0 Å². The van der Waals surface area contributed by atoms with Crippen LogP contribution in [-0.2, 0) is 14.8 Å². The van der Waals surface area contributed by atoms with Gasteiger partial charge in [-0.3, -0.25) is 0 Å². The van der Waals surface area contributed by atoms with E-state index in [1.807, 2.05) is 13.8 Å². The van der Waals surface area contributed by atoms with Crippen molar-refractivity contribution in [2.75, 3.05) is 6.61 Å². The molecule has 2 aromatic carbocycles. The summed E-state index contributed by atoms with van der Waals surface area (Å²) in [5, 5.41) is 10.3. The number of rotatable bonds is 11. The summed E-state index contributed by atoms with van der Waals surface area (Å²) in [6.07, 6.45) is 7.50. The second-order valence-electron chi connectivity index (χ2n) is 10.8. The summed E-state index contributed by atoms with van der Waals surface area (Å²) in [4.78, 5) is 0. The van der Waals surface area contributed by atoms with Crippen molar-refractivity contribution in [3.8, 4) is 0 Å². The van der Waals surface area contributed by atoms with Gasteiger partial charge < -0.3 is 14.5 Å². The van der Waals surface area contributed by atoms with Gasteiger partial charge in [-0.05, 0) is 82.2 Å². The lowest BCUT2D eigenvalue weighted by molar-refractivity contribution is -0.0893. The van der Waals surface area contributed by atoms with E-state index in [1.54, 1.807) is 21.3 Å². The molecule has 1 heterocycles. The van der Waals surface area contributed by atoms with Crippen LogP contribution in [-0.4, -0.2) is 36.0 Å². The van der Waals surface area contributed by atoms with E-state index in [1.165, 1.54) is 22.3 Å². The van der Waals surface area contributed by atoms with Crippen molar-refractivity contribution in [1.82, 2.24) is 0 Å². The summed E-state index contributed by atoms with van der Waals surface area (Å²) in [5.41, 5.74) is 4.51. The van der Waals surface area contributed by atoms with Crippen LogP contribution in [0, 0.1) is 6.92 Å². The van der Waals surface area contributed by atoms with Crippen LogP contribution in [0.5, 0.6) is 0 Å². The molecule has 34 heavy (non-hydrogen) atoms. The van der Waals surface area contributed by atoms with E-state index in [0.29, 0.717) is 0 Å². The molecule has 1 N–H and O–H groups in total. The molecule has 0 bridgehead atoms. The fraction of sp³-hybridized carbons (Fsp3) is 0.533. The van der Waals surface area contributed by atoms with Gasteiger partial charge in [-0.25, -0.2) is 0 Å². The minimum absolute atomic E-state index is 0.0354. The Morgan fingerprint density at radius 3 is 2.06 bits per heavy atom. The second-order valence-corrected chi connectivity index (χ2v) is 10.8. The Morgan fingerprint density at radius 1 is 1.00 bits per heavy atom. The molecule has 0 spiro atoms. The van der Waals surface area contributed by atoms with Crippen LogP contribution in [0.4, 0.5) is 0 Å². The van der Waals surface area contributed by atoms with E-state index in [9.17, 15) is 5.11 Å². The molecule has 1 radical (unpaired) electrons. The molecule has 4 heteroatoms. The van der Waals surface area contributed by atoms with E-state index < -0.39 is 11.2 Å². The molecule has 0 aliphatic carbocycles. The van der Waals surface area contributed by atoms with Gasteiger partial charge in [0, 0.05) is 5.41 Å². The Bertz CT molecular complexity index is 991. The smallest absolute Gasteiger partial charge is 0.330 e. The molecule has 1 aliphatic heterocycles. The first kappa shape index (κ1) is 26.7. The van der Waals surface area contributed by atoms with Crippen molar-refractivity contribution in [3.05, 3.63) is 70.8 Å². The summed E-state index contributed by atoms with van der Waals surface area (Å²) in [6, 6.07) is 15.6. The topological polar surface area (TPSA) is 42.0 Å². The number of hydrogen-bond donors (Lipinski definition) is 1. The summed E-state index contributed by atoms with van der Waals surface area (Å²) >= 11 is 0. The third-order valence-corrected chi connectivity index (χ3v) is 8.14. The summed E-state index contributed by atoms with van der Waals surface area (Å²) in [5.74, 6) is 0. The molecule has 1 aliphatic rings. The SMILES string of the molecule is CCC1(/C=C/c2ccc(C(CC)(CC)c3ccc([B]OC(C)(C)C(C)(C)O)cc3)cc2C)CO1. The van der Waals surface area contributed by atoms with E-state index in [0.717, 1.165) is 31.3 Å². The lowest BCUT2D eigenvalue weighted by atomic mass is 9.69. The van der Waals surface area contributed by atoms with E-state index in [4.69, 9.17) is 9.39 Å². The van der Waals surface area contributed by atoms with Crippen molar-refractivity contribution < 1.29 is 14.5 Å². The molecule has 1 atom stereocenters. The van der Waals surface area contributed by atoms with Crippen LogP contribution in [0.2, 0.25) is 0 Å². The Morgan fingerprint density at radius 2 is 1.59 bits per heavy atom. The third kappa shape index (κ3) is 5.51. The molecule has 0 aromatic heterocycles. The highest BCUT2D eigenvalue weighted by Gasteiger charge is 2.40. The molecule has 0 saturated carbocycles. The number of epoxide rings is 1. The lowest BCUT2D eigenvalue weighted by Crippen LogP contribution is -2.49. The van der Waals surface area contributed by atoms with E-state index in [2.05, 4.69) is 82.3 Å².